The molecule has 0 radical (unpaired) electrons. The molecule has 1 heterocycles. The van der Waals surface area contributed by atoms with Crippen molar-refractivity contribution >= 4 is 17.7 Å². The van der Waals surface area contributed by atoms with Crippen LogP contribution in [0.5, 0.6) is 0 Å². The minimum absolute atomic E-state index is 0.125. The Morgan fingerprint density at radius 1 is 1.41 bits per heavy atom. The highest BCUT2D eigenvalue weighted by Crippen LogP contribution is 2.51. The van der Waals surface area contributed by atoms with E-state index in [4.69, 9.17) is 9.57 Å². The van der Waals surface area contributed by atoms with Gasteiger partial charge in [0.2, 0.25) is 0 Å². The minimum atomic E-state index is -1.12. The molecule has 0 N–H and O–H groups in total. The normalized spacial score (nSPS) is 28.9. The molecule has 1 aliphatic carbocycles. The maximum absolute atomic E-state index is 12.5. The molecule has 2 fully saturated rings. The Labute approximate surface area is 130 Å². The molecule has 0 bridgehead atoms. The summed E-state index contributed by atoms with van der Waals surface area (Å²) in [7, 11) is 1.30. The van der Waals surface area contributed by atoms with Crippen molar-refractivity contribution in [3.8, 4) is 0 Å². The number of fused-ring (bicyclic) bond motifs is 1. The van der Waals surface area contributed by atoms with Crippen molar-refractivity contribution in [1.82, 2.24) is 5.06 Å². The number of carbonyl (C=O) groups is 2. The number of methoxy groups -OCH3 is 1. The average Bonchev–Trinajstić information content (AvgIpc) is 2.44. The highest BCUT2D eigenvalue weighted by atomic mass is 16.7. The van der Waals surface area contributed by atoms with Crippen LogP contribution < -0.4 is 0 Å². The van der Waals surface area contributed by atoms with Crippen molar-refractivity contribution in [2.75, 3.05) is 13.7 Å². The molecule has 22 heavy (non-hydrogen) atoms. The van der Waals surface area contributed by atoms with Crippen LogP contribution in [-0.2, 0) is 24.0 Å². The first-order valence-electron chi connectivity index (χ1n) is 7.57. The van der Waals surface area contributed by atoms with Gasteiger partial charge < -0.3 is 4.74 Å². The highest BCUT2D eigenvalue weighted by molar-refractivity contribution is 5.89. The molecular formula is C16H23NO5. The third-order valence-electron chi connectivity index (χ3n) is 4.35. The van der Waals surface area contributed by atoms with Gasteiger partial charge in [-0.25, -0.2) is 9.86 Å². The second kappa shape index (κ2) is 5.86. The number of ketones is 1. The number of hydrogen-bond acceptors (Lipinski definition) is 6. The van der Waals surface area contributed by atoms with Gasteiger partial charge in [-0.3, -0.25) is 14.4 Å². The number of esters is 1. The van der Waals surface area contributed by atoms with Gasteiger partial charge in [-0.1, -0.05) is 0 Å². The van der Waals surface area contributed by atoms with Crippen LogP contribution >= 0.6 is 0 Å². The molecule has 6 heteroatoms. The molecule has 1 saturated carbocycles. The first-order valence-corrected chi connectivity index (χ1v) is 7.57. The van der Waals surface area contributed by atoms with Gasteiger partial charge >= 0.3 is 5.97 Å². The van der Waals surface area contributed by atoms with Crippen LogP contribution in [-0.4, -0.2) is 42.0 Å². The maximum atomic E-state index is 12.5. The van der Waals surface area contributed by atoms with E-state index in [0.29, 0.717) is 19.4 Å². The Kier molecular flexibility index (Phi) is 4.45. The zero-order valence-corrected chi connectivity index (χ0v) is 13.6. The van der Waals surface area contributed by atoms with E-state index >= 15 is 0 Å². The molecule has 2 aliphatic rings. The molecule has 2 rings (SSSR count). The highest BCUT2D eigenvalue weighted by Gasteiger charge is 2.58. The second-order valence-corrected chi connectivity index (χ2v) is 6.95. The fraction of sp³-hybridized carbons (Fsp3) is 0.750. The van der Waals surface area contributed by atoms with E-state index in [9.17, 15) is 14.4 Å². The van der Waals surface area contributed by atoms with Crippen LogP contribution in [0.3, 0.4) is 0 Å². The van der Waals surface area contributed by atoms with Gasteiger partial charge in [0.15, 0.2) is 0 Å². The average molecular weight is 309 g/mol. The van der Waals surface area contributed by atoms with Crippen molar-refractivity contribution in [2.24, 2.45) is 11.3 Å². The van der Waals surface area contributed by atoms with Crippen LogP contribution in [0, 0.1) is 11.3 Å². The summed E-state index contributed by atoms with van der Waals surface area (Å²) >= 11 is 0. The molecular weight excluding hydrogens is 286 g/mol. The van der Waals surface area contributed by atoms with Crippen LogP contribution in [0.2, 0.25) is 0 Å². The van der Waals surface area contributed by atoms with Crippen LogP contribution in [0.1, 0.15) is 46.5 Å². The van der Waals surface area contributed by atoms with Crippen molar-refractivity contribution in [3.63, 3.8) is 0 Å². The molecule has 1 aliphatic heterocycles. The molecule has 0 aromatic carbocycles. The summed E-state index contributed by atoms with van der Waals surface area (Å²) < 4.78 is 4.96. The lowest BCUT2D eigenvalue weighted by Crippen LogP contribution is -2.55. The number of piperidine rings is 1. The Morgan fingerprint density at radius 3 is 2.64 bits per heavy atom. The van der Waals surface area contributed by atoms with E-state index in [2.05, 4.69) is 0 Å². The van der Waals surface area contributed by atoms with Crippen molar-refractivity contribution in [2.45, 2.75) is 52.1 Å². The quantitative estimate of drug-likeness (QED) is 0.570. The Balaban J connectivity index is 2.44. The summed E-state index contributed by atoms with van der Waals surface area (Å²) in [6, 6.07) is 0. The maximum Gasteiger partial charge on any atom is 0.319 e. The zero-order chi connectivity index (χ0) is 16.5. The van der Waals surface area contributed by atoms with Crippen LogP contribution in [0.4, 0.5) is 0 Å². The van der Waals surface area contributed by atoms with E-state index in [1.807, 2.05) is 26.7 Å². The van der Waals surface area contributed by atoms with Crippen LogP contribution in [0.25, 0.3) is 0 Å². The lowest BCUT2D eigenvalue weighted by atomic mass is 9.61. The van der Waals surface area contributed by atoms with E-state index in [-0.39, 0.29) is 30.2 Å². The summed E-state index contributed by atoms with van der Waals surface area (Å²) in [6.45, 7) is 6.07. The SMILES string of the molecule is COC(=O)C12CCC(=O)CC1CCN(OC(C)(C)C)C2=C=O. The molecule has 6 nitrogen and oxygen atoms in total. The Morgan fingerprint density at radius 2 is 2.09 bits per heavy atom. The van der Waals surface area contributed by atoms with Gasteiger partial charge in [-0.05, 0) is 39.5 Å². The lowest BCUT2D eigenvalue weighted by Gasteiger charge is -2.49. The van der Waals surface area contributed by atoms with E-state index in [0.717, 1.165) is 0 Å². The number of carbonyl (C=O) groups excluding carboxylic acids is 3. The van der Waals surface area contributed by atoms with Gasteiger partial charge in [0, 0.05) is 19.4 Å². The van der Waals surface area contributed by atoms with Gasteiger partial charge in [-0.2, -0.15) is 0 Å². The summed E-state index contributed by atoms with van der Waals surface area (Å²) in [5.74, 6) is 1.32. The molecule has 0 aromatic rings. The molecule has 0 aromatic heterocycles. The zero-order valence-electron chi connectivity index (χ0n) is 13.6. The van der Waals surface area contributed by atoms with Gasteiger partial charge in [0.1, 0.15) is 22.8 Å². The van der Waals surface area contributed by atoms with E-state index < -0.39 is 17.0 Å². The summed E-state index contributed by atoms with van der Waals surface area (Å²) in [5.41, 5.74) is -1.46. The predicted octanol–water partition coefficient (Wildman–Crippen LogP) is 1.67. The Hall–Kier alpha value is -1.65. The molecule has 0 amide bonds. The summed E-state index contributed by atoms with van der Waals surface area (Å²) in [6.07, 6.45) is 1.43. The largest absolute Gasteiger partial charge is 0.468 e. The molecule has 1 saturated heterocycles. The number of rotatable bonds is 2. The van der Waals surface area contributed by atoms with Crippen molar-refractivity contribution in [3.05, 3.63) is 5.70 Å². The third-order valence-corrected chi connectivity index (χ3v) is 4.35. The summed E-state index contributed by atoms with van der Waals surface area (Å²) in [4.78, 5) is 41.7. The van der Waals surface area contributed by atoms with Gasteiger partial charge in [0.05, 0.1) is 12.7 Å². The monoisotopic (exact) mass is 309 g/mol. The second-order valence-electron chi connectivity index (χ2n) is 6.95. The van der Waals surface area contributed by atoms with Crippen LogP contribution in [0.15, 0.2) is 5.70 Å². The van der Waals surface area contributed by atoms with E-state index in [1.54, 1.807) is 0 Å². The van der Waals surface area contributed by atoms with Gasteiger partial charge in [-0.15, -0.1) is 0 Å². The Bertz CT molecular complexity index is 529. The first kappa shape index (κ1) is 16.7. The fourth-order valence-corrected chi connectivity index (χ4v) is 3.47. The fourth-order valence-electron chi connectivity index (χ4n) is 3.47. The summed E-state index contributed by atoms with van der Waals surface area (Å²) in [5, 5.41) is 1.47. The number of hydrogen-bond donors (Lipinski definition) is 0. The predicted molar refractivity (Wildman–Crippen MR) is 78.2 cm³/mol. The number of nitrogens with zero attached hydrogens (tertiary/aromatic N) is 1. The number of hydroxylamine groups is 2. The molecule has 122 valence electrons. The third kappa shape index (κ3) is 2.81. The van der Waals surface area contributed by atoms with Gasteiger partial charge in [0.25, 0.3) is 0 Å². The number of ether oxygens (including phenoxy) is 1. The number of Topliss-reactive ketones (excluding diaryl/α,β-unsaturated/α-hetero) is 1. The standard InChI is InChI=1S/C16H23NO5/c1-15(2,3)22-17-8-6-11-9-12(19)5-7-16(11,13(17)10-18)14(20)21-4/h11H,5-9H2,1-4H3. The smallest absolute Gasteiger partial charge is 0.319 e. The first-order chi connectivity index (χ1) is 10.2. The molecule has 2 unspecified atom stereocenters. The topological polar surface area (TPSA) is 72.9 Å². The van der Waals surface area contributed by atoms with E-state index in [1.165, 1.54) is 12.2 Å². The van der Waals surface area contributed by atoms with Crippen molar-refractivity contribution < 1.29 is 24.0 Å². The minimum Gasteiger partial charge on any atom is -0.468 e. The molecule has 0 spiro atoms. The lowest BCUT2D eigenvalue weighted by molar-refractivity contribution is -0.235. The van der Waals surface area contributed by atoms with Crippen molar-refractivity contribution in [1.29, 1.82) is 0 Å². The molecule has 2 atom stereocenters.